The van der Waals surface area contributed by atoms with E-state index in [-0.39, 0.29) is 12.6 Å². The first-order valence-electron chi connectivity index (χ1n) is 5.06. The molecule has 1 unspecified atom stereocenters. The Morgan fingerprint density at radius 1 is 1.62 bits per heavy atom. The fraction of sp³-hybridized carbons (Fsp3) is 0.400. The summed E-state index contributed by atoms with van der Waals surface area (Å²) in [6.45, 7) is 1.96. The number of aliphatic hydroxyl groups is 1. The van der Waals surface area contributed by atoms with E-state index >= 15 is 0 Å². The number of nitrogen functional groups attached to an aromatic ring is 1. The van der Waals surface area contributed by atoms with Gasteiger partial charge >= 0.3 is 0 Å². The molecule has 0 aliphatic rings. The second-order valence-corrected chi connectivity index (χ2v) is 3.79. The molecule has 0 saturated heterocycles. The lowest BCUT2D eigenvalue weighted by atomic mass is 10.3. The van der Waals surface area contributed by atoms with Gasteiger partial charge in [-0.1, -0.05) is 0 Å². The van der Waals surface area contributed by atoms with Gasteiger partial charge in [-0.3, -0.25) is 0 Å². The van der Waals surface area contributed by atoms with Gasteiger partial charge in [0.15, 0.2) is 11.5 Å². The van der Waals surface area contributed by atoms with Crippen LogP contribution in [0.5, 0.6) is 0 Å². The number of rotatable bonds is 3. The van der Waals surface area contributed by atoms with Crippen LogP contribution in [0.2, 0.25) is 0 Å². The first-order valence-corrected chi connectivity index (χ1v) is 5.06. The Hall–Kier alpha value is -1.82. The molecular formula is C10H15N5O. The van der Waals surface area contributed by atoms with Gasteiger partial charge < -0.3 is 20.1 Å². The van der Waals surface area contributed by atoms with E-state index in [2.05, 4.69) is 9.97 Å². The summed E-state index contributed by atoms with van der Waals surface area (Å²) in [4.78, 5) is 10.3. The van der Waals surface area contributed by atoms with Crippen LogP contribution < -0.4 is 10.6 Å². The van der Waals surface area contributed by atoms with Gasteiger partial charge in [-0.25, -0.2) is 9.97 Å². The number of hydrogen-bond acceptors (Lipinski definition) is 5. The maximum absolute atomic E-state index is 9.13. The van der Waals surface area contributed by atoms with E-state index in [4.69, 9.17) is 10.8 Å². The van der Waals surface area contributed by atoms with Crippen LogP contribution in [0.15, 0.2) is 18.6 Å². The summed E-state index contributed by atoms with van der Waals surface area (Å²) in [5.74, 6) is 1.10. The number of hydrogen-bond donors (Lipinski definition) is 2. The van der Waals surface area contributed by atoms with Gasteiger partial charge in [-0.05, 0) is 6.92 Å². The summed E-state index contributed by atoms with van der Waals surface area (Å²) in [5.41, 5.74) is 6.45. The van der Waals surface area contributed by atoms with Crippen molar-refractivity contribution >= 4 is 17.3 Å². The molecular weight excluding hydrogens is 206 g/mol. The maximum atomic E-state index is 9.13. The lowest BCUT2D eigenvalue weighted by molar-refractivity contribution is 0.270. The molecule has 2 aromatic rings. The second kappa shape index (κ2) is 3.97. The highest BCUT2D eigenvalue weighted by Crippen LogP contribution is 2.19. The first-order chi connectivity index (χ1) is 7.63. The standard InChI is InChI=1S/C10H15N5O/c1-7(6-16)14(2)10-9-12-3-4-15(9)5-8(11)13-10/h3-5,7,16H,6,11H2,1-2H3. The Balaban J connectivity index is 2.53. The number of aromatic nitrogens is 3. The van der Waals surface area contributed by atoms with E-state index < -0.39 is 0 Å². The van der Waals surface area contributed by atoms with Crippen molar-refractivity contribution in [2.45, 2.75) is 13.0 Å². The minimum absolute atomic E-state index is 0.0326. The Labute approximate surface area is 93.3 Å². The van der Waals surface area contributed by atoms with Crippen molar-refractivity contribution in [3.63, 3.8) is 0 Å². The Kier molecular flexibility index (Phi) is 2.66. The average molecular weight is 221 g/mol. The molecule has 16 heavy (non-hydrogen) atoms. The molecule has 0 fully saturated rings. The highest BCUT2D eigenvalue weighted by molar-refractivity contribution is 5.66. The third kappa shape index (κ3) is 1.67. The van der Waals surface area contributed by atoms with Crippen LogP contribution in [0, 0.1) is 0 Å². The number of imidazole rings is 1. The van der Waals surface area contributed by atoms with Crippen LogP contribution >= 0.6 is 0 Å². The monoisotopic (exact) mass is 221 g/mol. The quantitative estimate of drug-likeness (QED) is 0.770. The van der Waals surface area contributed by atoms with E-state index in [0.29, 0.717) is 11.6 Å². The number of fused-ring (bicyclic) bond motifs is 1. The topological polar surface area (TPSA) is 79.7 Å². The van der Waals surface area contributed by atoms with Crippen LogP contribution in [0.1, 0.15) is 6.92 Å². The molecule has 0 aliphatic carbocycles. The summed E-state index contributed by atoms with van der Waals surface area (Å²) in [6.07, 6.45) is 5.22. The van der Waals surface area contributed by atoms with E-state index in [1.165, 1.54) is 0 Å². The van der Waals surface area contributed by atoms with Crippen molar-refractivity contribution in [3.05, 3.63) is 18.6 Å². The molecule has 2 heterocycles. The minimum Gasteiger partial charge on any atom is -0.394 e. The molecule has 0 aliphatic heterocycles. The zero-order chi connectivity index (χ0) is 11.7. The molecule has 6 heteroatoms. The number of nitrogens with two attached hydrogens (primary N) is 1. The predicted molar refractivity (Wildman–Crippen MR) is 62.4 cm³/mol. The summed E-state index contributed by atoms with van der Waals surface area (Å²) < 4.78 is 1.82. The van der Waals surface area contributed by atoms with Gasteiger partial charge in [0, 0.05) is 19.4 Å². The molecule has 86 valence electrons. The van der Waals surface area contributed by atoms with E-state index in [1.54, 1.807) is 12.4 Å². The number of anilines is 2. The first kappa shape index (κ1) is 10.7. The Bertz CT molecular complexity index is 495. The van der Waals surface area contributed by atoms with Gasteiger partial charge in [-0.15, -0.1) is 0 Å². The van der Waals surface area contributed by atoms with Crippen LogP contribution in [-0.4, -0.2) is 39.2 Å². The van der Waals surface area contributed by atoms with Crippen LogP contribution in [0.25, 0.3) is 5.65 Å². The fourth-order valence-electron chi connectivity index (χ4n) is 1.50. The zero-order valence-electron chi connectivity index (χ0n) is 9.33. The van der Waals surface area contributed by atoms with E-state index in [0.717, 1.165) is 5.65 Å². The molecule has 6 nitrogen and oxygen atoms in total. The molecule has 3 N–H and O–H groups in total. The van der Waals surface area contributed by atoms with Crippen molar-refractivity contribution < 1.29 is 5.11 Å². The molecule has 2 rings (SSSR count). The Morgan fingerprint density at radius 2 is 2.38 bits per heavy atom. The third-order valence-electron chi connectivity index (χ3n) is 2.63. The molecule has 0 saturated carbocycles. The highest BCUT2D eigenvalue weighted by atomic mass is 16.3. The lowest BCUT2D eigenvalue weighted by Gasteiger charge is -2.24. The van der Waals surface area contributed by atoms with Gasteiger partial charge in [0.25, 0.3) is 0 Å². The Morgan fingerprint density at radius 3 is 3.06 bits per heavy atom. The molecule has 0 radical (unpaired) electrons. The molecule has 0 aromatic carbocycles. The highest BCUT2D eigenvalue weighted by Gasteiger charge is 2.15. The summed E-state index contributed by atoms with van der Waals surface area (Å²) in [5, 5.41) is 9.13. The van der Waals surface area contributed by atoms with Gasteiger partial charge in [0.05, 0.1) is 18.8 Å². The van der Waals surface area contributed by atoms with Gasteiger partial charge in [0.1, 0.15) is 5.82 Å². The van der Waals surface area contributed by atoms with Crippen molar-refractivity contribution in [1.82, 2.24) is 14.4 Å². The summed E-state index contributed by atoms with van der Waals surface area (Å²) in [7, 11) is 1.86. The maximum Gasteiger partial charge on any atom is 0.180 e. The van der Waals surface area contributed by atoms with Crippen molar-refractivity contribution in [2.24, 2.45) is 0 Å². The largest absolute Gasteiger partial charge is 0.394 e. The van der Waals surface area contributed by atoms with Crippen molar-refractivity contribution in [1.29, 1.82) is 0 Å². The number of nitrogens with zero attached hydrogens (tertiary/aromatic N) is 4. The number of likely N-dealkylation sites (N-methyl/N-ethyl adjacent to an activating group) is 1. The fourth-order valence-corrected chi connectivity index (χ4v) is 1.50. The van der Waals surface area contributed by atoms with Crippen LogP contribution in [0.3, 0.4) is 0 Å². The molecule has 2 aromatic heterocycles. The van der Waals surface area contributed by atoms with Crippen LogP contribution in [-0.2, 0) is 0 Å². The second-order valence-electron chi connectivity index (χ2n) is 3.79. The lowest BCUT2D eigenvalue weighted by Crippen LogP contribution is -2.33. The molecule has 0 spiro atoms. The summed E-state index contributed by atoms with van der Waals surface area (Å²) >= 11 is 0. The van der Waals surface area contributed by atoms with Gasteiger partial charge in [-0.2, -0.15) is 0 Å². The van der Waals surface area contributed by atoms with Gasteiger partial charge in [0.2, 0.25) is 0 Å². The SMILES string of the molecule is CC(CO)N(C)c1nc(N)cn2ccnc12. The molecule has 0 bridgehead atoms. The smallest absolute Gasteiger partial charge is 0.180 e. The predicted octanol–water partition coefficient (Wildman–Crippen LogP) is 0.128. The summed E-state index contributed by atoms with van der Waals surface area (Å²) in [6, 6.07) is -0.0326. The van der Waals surface area contributed by atoms with Crippen LogP contribution in [0.4, 0.5) is 11.6 Å². The molecule has 1 atom stereocenters. The van der Waals surface area contributed by atoms with E-state index in [9.17, 15) is 0 Å². The third-order valence-corrected chi connectivity index (χ3v) is 2.63. The van der Waals surface area contributed by atoms with Crippen molar-refractivity contribution in [2.75, 3.05) is 24.3 Å². The van der Waals surface area contributed by atoms with Crippen molar-refractivity contribution in [3.8, 4) is 0 Å². The minimum atomic E-state index is -0.0326. The average Bonchev–Trinajstić information content (AvgIpc) is 2.73. The van der Waals surface area contributed by atoms with E-state index in [1.807, 2.05) is 29.5 Å². The normalized spacial score (nSPS) is 12.9. The molecule has 0 amide bonds. The number of aliphatic hydroxyl groups excluding tert-OH is 1. The zero-order valence-corrected chi connectivity index (χ0v) is 9.33.